The smallest absolute Gasteiger partial charge is 0.253 e. The number of nitrogens with one attached hydrogen (secondary N) is 1. The highest BCUT2D eigenvalue weighted by molar-refractivity contribution is 5.80. The summed E-state index contributed by atoms with van der Waals surface area (Å²) in [6.45, 7) is 3.15. The molecule has 0 unspecified atom stereocenters. The van der Waals surface area contributed by atoms with E-state index in [0.29, 0.717) is 24.5 Å². The molecule has 1 fully saturated rings. The van der Waals surface area contributed by atoms with Gasteiger partial charge in [-0.1, -0.05) is 68.3 Å². The molecule has 3 aromatic carbocycles. The van der Waals surface area contributed by atoms with Gasteiger partial charge in [0.2, 0.25) is 0 Å². The summed E-state index contributed by atoms with van der Waals surface area (Å²) in [5, 5.41) is 14.1. The summed E-state index contributed by atoms with van der Waals surface area (Å²) in [6.07, 6.45) is 5.19. The molecule has 1 N–H and O–H groups in total. The minimum atomic E-state index is -0.528. The lowest BCUT2D eigenvalue weighted by molar-refractivity contribution is 0.190. The highest BCUT2D eigenvalue weighted by atomic mass is 19.1. The van der Waals surface area contributed by atoms with Crippen molar-refractivity contribution in [3.63, 3.8) is 0 Å². The Morgan fingerprint density at radius 3 is 2.38 bits per heavy atom. The standard InChI is InChI=1S/C32H33FN6O/c1-2-22-14-17-29-25(18-22)19-28(32(40)34-29)30(31-35-36-37-39(31)27-10-6-7-11-27)38(20-23-8-4-3-5-9-23)21-24-12-15-26(33)16-13-24/h3-5,8-9,12-19,27,30H,2,6-7,10-11,20-21H2,1H3,(H,34,40)/t30-/m1/s1. The third-order valence-electron chi connectivity index (χ3n) is 7.97. The van der Waals surface area contributed by atoms with Crippen LogP contribution in [-0.2, 0) is 19.5 Å². The predicted molar refractivity (Wildman–Crippen MR) is 153 cm³/mol. The fourth-order valence-electron chi connectivity index (χ4n) is 5.87. The van der Waals surface area contributed by atoms with Gasteiger partial charge in [0.05, 0.1) is 6.04 Å². The Kier molecular flexibility index (Phi) is 7.51. The molecule has 0 bridgehead atoms. The van der Waals surface area contributed by atoms with Crippen LogP contribution in [0.4, 0.5) is 4.39 Å². The van der Waals surface area contributed by atoms with Crippen LogP contribution in [0.5, 0.6) is 0 Å². The maximum Gasteiger partial charge on any atom is 0.253 e. The van der Waals surface area contributed by atoms with E-state index in [9.17, 15) is 9.18 Å². The molecule has 8 heteroatoms. The number of halogens is 1. The van der Waals surface area contributed by atoms with Gasteiger partial charge in [-0.2, -0.15) is 0 Å². The number of pyridine rings is 1. The van der Waals surface area contributed by atoms with Crippen LogP contribution < -0.4 is 5.56 Å². The number of aryl methyl sites for hydroxylation is 1. The maximum atomic E-state index is 13.8. The van der Waals surface area contributed by atoms with E-state index in [0.717, 1.165) is 54.1 Å². The first-order chi connectivity index (χ1) is 19.6. The Hall–Kier alpha value is -4.17. The fraction of sp³-hybridized carbons (Fsp3) is 0.312. The molecule has 204 valence electrons. The number of tetrazole rings is 1. The zero-order chi connectivity index (χ0) is 27.5. The van der Waals surface area contributed by atoms with E-state index >= 15 is 0 Å². The van der Waals surface area contributed by atoms with Gasteiger partial charge in [-0.05, 0) is 82.1 Å². The molecule has 5 aromatic rings. The van der Waals surface area contributed by atoms with E-state index in [-0.39, 0.29) is 17.4 Å². The van der Waals surface area contributed by atoms with Gasteiger partial charge in [0.25, 0.3) is 5.56 Å². The van der Waals surface area contributed by atoms with Crippen molar-refractivity contribution in [3.8, 4) is 0 Å². The van der Waals surface area contributed by atoms with Crippen molar-refractivity contribution >= 4 is 10.9 Å². The first kappa shape index (κ1) is 26.1. The van der Waals surface area contributed by atoms with Crippen LogP contribution in [0, 0.1) is 5.82 Å². The van der Waals surface area contributed by atoms with Crippen molar-refractivity contribution in [2.75, 3.05) is 0 Å². The second kappa shape index (κ2) is 11.5. The van der Waals surface area contributed by atoms with Gasteiger partial charge in [-0.25, -0.2) is 9.07 Å². The number of H-pyrrole nitrogens is 1. The highest BCUT2D eigenvalue weighted by Gasteiger charge is 2.33. The van der Waals surface area contributed by atoms with E-state index in [2.05, 4.69) is 50.5 Å². The summed E-state index contributed by atoms with van der Waals surface area (Å²) in [5.41, 5.74) is 4.46. The zero-order valence-corrected chi connectivity index (χ0v) is 22.6. The van der Waals surface area contributed by atoms with Crippen LogP contribution in [0.15, 0.2) is 83.7 Å². The molecule has 0 saturated heterocycles. The van der Waals surface area contributed by atoms with Gasteiger partial charge >= 0.3 is 0 Å². The molecule has 1 atom stereocenters. The monoisotopic (exact) mass is 536 g/mol. The predicted octanol–water partition coefficient (Wildman–Crippen LogP) is 6.12. The Balaban J connectivity index is 1.54. The molecule has 0 spiro atoms. The molecule has 1 saturated carbocycles. The first-order valence-corrected chi connectivity index (χ1v) is 14.0. The minimum absolute atomic E-state index is 0.167. The molecule has 40 heavy (non-hydrogen) atoms. The Bertz CT molecular complexity index is 1640. The average molecular weight is 537 g/mol. The number of nitrogens with zero attached hydrogens (tertiary/aromatic N) is 5. The largest absolute Gasteiger partial charge is 0.322 e. The molecule has 1 aliphatic rings. The number of aromatic amines is 1. The second-order valence-electron chi connectivity index (χ2n) is 10.7. The normalized spacial score (nSPS) is 14.8. The third-order valence-corrected chi connectivity index (χ3v) is 7.97. The van der Waals surface area contributed by atoms with E-state index in [1.807, 2.05) is 41.1 Å². The topological polar surface area (TPSA) is 79.7 Å². The number of fused-ring (bicyclic) bond motifs is 1. The van der Waals surface area contributed by atoms with Gasteiger partial charge in [-0.3, -0.25) is 9.69 Å². The van der Waals surface area contributed by atoms with Crippen molar-refractivity contribution in [1.82, 2.24) is 30.1 Å². The van der Waals surface area contributed by atoms with Gasteiger partial charge in [0, 0.05) is 24.2 Å². The molecule has 0 aliphatic heterocycles. The lowest BCUT2D eigenvalue weighted by Crippen LogP contribution is -2.35. The Morgan fingerprint density at radius 2 is 1.65 bits per heavy atom. The fourth-order valence-corrected chi connectivity index (χ4v) is 5.87. The minimum Gasteiger partial charge on any atom is -0.322 e. The molecule has 7 nitrogen and oxygen atoms in total. The van der Waals surface area contributed by atoms with E-state index in [1.54, 1.807) is 12.1 Å². The Morgan fingerprint density at radius 1 is 0.950 bits per heavy atom. The van der Waals surface area contributed by atoms with Crippen LogP contribution in [0.1, 0.15) is 72.8 Å². The Labute approximate surface area is 232 Å². The molecular weight excluding hydrogens is 503 g/mol. The summed E-state index contributed by atoms with van der Waals surface area (Å²) in [7, 11) is 0. The summed E-state index contributed by atoms with van der Waals surface area (Å²) in [4.78, 5) is 19.1. The molecular formula is C32H33FN6O. The second-order valence-corrected chi connectivity index (χ2v) is 10.7. The molecule has 2 heterocycles. The SMILES string of the molecule is CCc1ccc2[nH]c(=O)c([C@H](c3nnnn3C3CCCC3)N(Cc3ccccc3)Cc3ccc(F)cc3)cc2c1. The molecule has 6 rings (SSSR count). The summed E-state index contributed by atoms with van der Waals surface area (Å²) in [6, 6.07) is 24.5. The number of aromatic nitrogens is 5. The summed E-state index contributed by atoms with van der Waals surface area (Å²) >= 11 is 0. The van der Waals surface area contributed by atoms with Crippen LogP contribution in [0.25, 0.3) is 10.9 Å². The molecule has 0 amide bonds. The molecule has 0 radical (unpaired) electrons. The van der Waals surface area contributed by atoms with Gasteiger partial charge in [-0.15, -0.1) is 5.10 Å². The summed E-state index contributed by atoms with van der Waals surface area (Å²) in [5.74, 6) is 0.374. The van der Waals surface area contributed by atoms with Crippen molar-refractivity contribution in [3.05, 3.63) is 123 Å². The van der Waals surface area contributed by atoms with Crippen LogP contribution >= 0.6 is 0 Å². The maximum absolute atomic E-state index is 13.8. The quantitative estimate of drug-likeness (QED) is 0.245. The first-order valence-electron chi connectivity index (χ1n) is 14.0. The summed E-state index contributed by atoms with van der Waals surface area (Å²) < 4.78 is 15.8. The lowest BCUT2D eigenvalue weighted by atomic mass is 10.00. The molecule has 2 aromatic heterocycles. The van der Waals surface area contributed by atoms with E-state index in [4.69, 9.17) is 0 Å². The third kappa shape index (κ3) is 5.45. The number of benzene rings is 3. The number of hydrogen-bond donors (Lipinski definition) is 1. The van der Waals surface area contributed by atoms with Gasteiger partial charge < -0.3 is 4.98 Å². The molecule has 1 aliphatic carbocycles. The van der Waals surface area contributed by atoms with Crippen LogP contribution in [0.3, 0.4) is 0 Å². The van der Waals surface area contributed by atoms with E-state index in [1.165, 1.54) is 17.7 Å². The average Bonchev–Trinajstić information content (AvgIpc) is 3.68. The van der Waals surface area contributed by atoms with Crippen LogP contribution in [-0.4, -0.2) is 30.1 Å². The van der Waals surface area contributed by atoms with Gasteiger partial charge in [0.15, 0.2) is 5.82 Å². The lowest BCUT2D eigenvalue weighted by Gasteiger charge is -2.32. The van der Waals surface area contributed by atoms with Crippen molar-refractivity contribution in [2.24, 2.45) is 0 Å². The van der Waals surface area contributed by atoms with Crippen molar-refractivity contribution in [1.29, 1.82) is 0 Å². The number of rotatable bonds is 9. The van der Waals surface area contributed by atoms with E-state index < -0.39 is 6.04 Å². The van der Waals surface area contributed by atoms with Crippen molar-refractivity contribution in [2.45, 2.75) is 64.2 Å². The van der Waals surface area contributed by atoms with Crippen LogP contribution in [0.2, 0.25) is 0 Å². The zero-order valence-electron chi connectivity index (χ0n) is 22.6. The number of hydrogen-bond acceptors (Lipinski definition) is 5. The van der Waals surface area contributed by atoms with Gasteiger partial charge in [0.1, 0.15) is 11.9 Å². The highest BCUT2D eigenvalue weighted by Crippen LogP contribution is 2.35. The van der Waals surface area contributed by atoms with Crippen molar-refractivity contribution < 1.29 is 4.39 Å².